The van der Waals surface area contributed by atoms with Crippen molar-refractivity contribution in [3.05, 3.63) is 82.9 Å². The van der Waals surface area contributed by atoms with Crippen molar-refractivity contribution >= 4 is 28.3 Å². The van der Waals surface area contributed by atoms with E-state index < -0.39 is 0 Å². The Labute approximate surface area is 229 Å². The van der Waals surface area contributed by atoms with Gasteiger partial charge < -0.3 is 15.5 Å². The summed E-state index contributed by atoms with van der Waals surface area (Å²) in [6.45, 7) is 2.87. The Morgan fingerprint density at radius 2 is 1.61 bits per heavy atom. The molecule has 2 N–H and O–H groups in total. The van der Waals surface area contributed by atoms with Crippen LogP contribution >= 0.6 is 11.3 Å². The van der Waals surface area contributed by atoms with E-state index in [1.54, 1.807) is 0 Å². The summed E-state index contributed by atoms with van der Waals surface area (Å²) < 4.78 is 0. The molecule has 0 spiro atoms. The lowest BCUT2D eigenvalue weighted by molar-refractivity contribution is -0.123. The van der Waals surface area contributed by atoms with Crippen LogP contribution in [0, 0.1) is 0 Å². The van der Waals surface area contributed by atoms with Gasteiger partial charge in [0.15, 0.2) is 5.13 Å². The fourth-order valence-corrected chi connectivity index (χ4v) is 6.12. The van der Waals surface area contributed by atoms with E-state index in [0.717, 1.165) is 17.1 Å². The first kappa shape index (κ1) is 26.4. The van der Waals surface area contributed by atoms with Crippen LogP contribution < -0.4 is 10.6 Å². The van der Waals surface area contributed by atoms with E-state index in [4.69, 9.17) is 0 Å². The van der Waals surface area contributed by atoms with E-state index >= 15 is 0 Å². The molecule has 8 heteroatoms. The fraction of sp³-hybridized carbons (Fsp3) is 0.433. The minimum absolute atomic E-state index is 0.00694. The highest BCUT2D eigenvalue weighted by Crippen LogP contribution is 2.24. The van der Waals surface area contributed by atoms with Gasteiger partial charge in [0.1, 0.15) is 5.69 Å². The van der Waals surface area contributed by atoms with Crippen LogP contribution in [0.1, 0.15) is 59.8 Å². The Hall–Kier alpha value is -3.23. The first-order valence-electron chi connectivity index (χ1n) is 13.8. The van der Waals surface area contributed by atoms with Crippen LogP contribution in [0.4, 0.5) is 5.13 Å². The molecule has 38 heavy (non-hydrogen) atoms. The van der Waals surface area contributed by atoms with Crippen LogP contribution in [0.25, 0.3) is 0 Å². The number of nitrogens with zero attached hydrogens (tertiary/aromatic N) is 3. The summed E-state index contributed by atoms with van der Waals surface area (Å²) in [5, 5.41) is 9.47. The number of hydrogen-bond acceptors (Lipinski definition) is 6. The molecule has 2 aromatic carbocycles. The van der Waals surface area contributed by atoms with Crippen LogP contribution in [0.15, 0.2) is 66.0 Å². The molecule has 2 heterocycles. The maximum Gasteiger partial charge on any atom is 0.273 e. The van der Waals surface area contributed by atoms with Crippen molar-refractivity contribution in [2.75, 3.05) is 38.0 Å². The summed E-state index contributed by atoms with van der Waals surface area (Å²) >= 11 is 1.52. The Kier molecular flexibility index (Phi) is 9.04. The minimum atomic E-state index is -0.0879. The van der Waals surface area contributed by atoms with Crippen LogP contribution in [0.5, 0.6) is 0 Å². The Morgan fingerprint density at radius 3 is 2.32 bits per heavy atom. The highest BCUT2D eigenvalue weighted by atomic mass is 32.1. The number of carbonyl (C=O) groups excluding carboxylic acids is 2. The van der Waals surface area contributed by atoms with Gasteiger partial charge in [0, 0.05) is 37.6 Å². The van der Waals surface area contributed by atoms with Gasteiger partial charge in [-0.05, 0) is 30.4 Å². The quantitative estimate of drug-likeness (QED) is 0.417. The van der Waals surface area contributed by atoms with Crippen molar-refractivity contribution in [2.45, 2.75) is 50.6 Å². The summed E-state index contributed by atoms with van der Waals surface area (Å²) in [7, 11) is 0. The molecule has 200 valence electrons. The van der Waals surface area contributed by atoms with Crippen molar-refractivity contribution < 1.29 is 9.59 Å². The van der Waals surface area contributed by atoms with E-state index in [1.165, 1.54) is 49.0 Å². The summed E-state index contributed by atoms with van der Waals surface area (Å²) in [4.78, 5) is 34.7. The number of nitrogens with one attached hydrogen (secondary N) is 2. The lowest BCUT2D eigenvalue weighted by Crippen LogP contribution is -2.51. The van der Waals surface area contributed by atoms with Crippen molar-refractivity contribution in [3.63, 3.8) is 0 Å². The largest absolute Gasteiger partial charge is 0.359 e. The number of amides is 2. The van der Waals surface area contributed by atoms with Gasteiger partial charge in [-0.3, -0.25) is 14.5 Å². The van der Waals surface area contributed by atoms with Crippen molar-refractivity contribution in [3.8, 4) is 0 Å². The third-order valence-electron chi connectivity index (χ3n) is 7.50. The van der Waals surface area contributed by atoms with Gasteiger partial charge in [-0.25, -0.2) is 4.98 Å². The predicted octanol–water partition coefficient (Wildman–Crippen LogP) is 4.75. The van der Waals surface area contributed by atoms with Crippen LogP contribution in [0.2, 0.25) is 0 Å². The molecule has 0 unspecified atom stereocenters. The highest BCUT2D eigenvalue weighted by molar-refractivity contribution is 7.13. The van der Waals surface area contributed by atoms with E-state index in [2.05, 4.69) is 44.8 Å². The van der Waals surface area contributed by atoms with Crippen molar-refractivity contribution in [1.29, 1.82) is 0 Å². The molecule has 0 radical (unpaired) electrons. The van der Waals surface area contributed by atoms with Gasteiger partial charge in [-0.1, -0.05) is 79.9 Å². The molecule has 1 atom stereocenters. The lowest BCUT2D eigenvalue weighted by atomic mass is 9.96. The van der Waals surface area contributed by atoms with E-state index in [0.29, 0.717) is 44.5 Å². The number of hydrogen-bond donors (Lipinski definition) is 2. The number of thiazole rings is 1. The summed E-state index contributed by atoms with van der Waals surface area (Å²) in [6, 6.07) is 20.8. The smallest absolute Gasteiger partial charge is 0.273 e. The molecule has 5 rings (SSSR count). The number of aromatic nitrogens is 1. The second kappa shape index (κ2) is 13.0. The molecule has 2 amide bonds. The first-order valence-corrected chi connectivity index (χ1v) is 14.6. The third-order valence-corrected chi connectivity index (χ3v) is 8.28. The molecule has 0 bridgehead atoms. The van der Waals surface area contributed by atoms with E-state index in [1.807, 2.05) is 46.7 Å². The van der Waals surface area contributed by atoms with Crippen molar-refractivity contribution in [2.24, 2.45) is 0 Å². The van der Waals surface area contributed by atoms with Crippen LogP contribution in [-0.4, -0.2) is 65.4 Å². The summed E-state index contributed by atoms with van der Waals surface area (Å²) in [5.41, 5.74) is 2.81. The van der Waals surface area contributed by atoms with Gasteiger partial charge in [-0.15, -0.1) is 11.3 Å². The molecule has 2 aliphatic rings. The zero-order valence-corrected chi connectivity index (χ0v) is 22.7. The molecule has 1 saturated carbocycles. The molecule has 2 fully saturated rings. The number of rotatable bonds is 9. The van der Waals surface area contributed by atoms with E-state index in [9.17, 15) is 9.59 Å². The molecular weight excluding hydrogens is 494 g/mol. The first-order chi connectivity index (χ1) is 18.6. The Balaban J connectivity index is 1.11. The number of benzene rings is 2. The van der Waals surface area contributed by atoms with Crippen molar-refractivity contribution in [1.82, 2.24) is 20.1 Å². The van der Waals surface area contributed by atoms with Gasteiger partial charge in [0.05, 0.1) is 12.6 Å². The molecule has 1 aliphatic heterocycles. The average molecular weight is 532 g/mol. The fourth-order valence-electron chi connectivity index (χ4n) is 5.36. The Bertz CT molecular complexity index is 1170. The standard InChI is InChI=1S/C30H37N5O2S/c36-28(32-26(24-12-6-2-7-13-24)20-23-10-4-1-5-11-23)21-34-16-18-35(19-17-34)29(37)27-22-38-30(33-27)31-25-14-8-3-9-15-25/h1-2,4-7,10-13,22,25-26H,3,8-9,14-21H2,(H,31,33)(H,32,36)/t26-/m1/s1. The highest BCUT2D eigenvalue weighted by Gasteiger charge is 2.26. The normalized spacial score (nSPS) is 17.6. The zero-order chi connectivity index (χ0) is 26.2. The van der Waals surface area contributed by atoms with Gasteiger partial charge in [0.25, 0.3) is 5.91 Å². The van der Waals surface area contributed by atoms with Gasteiger partial charge >= 0.3 is 0 Å². The molecule has 1 saturated heterocycles. The SMILES string of the molecule is O=C(CN1CCN(C(=O)c2csc(NC3CCCCC3)n2)CC1)N[C@H](Cc1ccccc1)c1ccccc1. The van der Waals surface area contributed by atoms with Gasteiger partial charge in [-0.2, -0.15) is 0 Å². The molecule has 1 aromatic heterocycles. The van der Waals surface area contributed by atoms with Crippen LogP contribution in [0.3, 0.4) is 0 Å². The molecule has 3 aromatic rings. The summed E-state index contributed by atoms with van der Waals surface area (Å²) in [6.07, 6.45) is 6.93. The third kappa shape index (κ3) is 7.20. The minimum Gasteiger partial charge on any atom is -0.359 e. The van der Waals surface area contributed by atoms with E-state index in [-0.39, 0.29) is 17.9 Å². The second-order valence-corrected chi connectivity index (χ2v) is 11.2. The van der Waals surface area contributed by atoms with Gasteiger partial charge in [0.2, 0.25) is 5.91 Å². The second-order valence-electron chi connectivity index (χ2n) is 10.3. The molecule has 1 aliphatic carbocycles. The number of anilines is 1. The number of carbonyl (C=O) groups is 2. The molecule has 7 nitrogen and oxygen atoms in total. The number of piperazine rings is 1. The van der Waals surface area contributed by atoms with Crippen LogP contribution in [-0.2, 0) is 11.2 Å². The Morgan fingerprint density at radius 1 is 0.921 bits per heavy atom. The molecular formula is C30H37N5O2S. The maximum absolute atomic E-state index is 13.1. The monoisotopic (exact) mass is 531 g/mol. The topological polar surface area (TPSA) is 77.6 Å². The average Bonchev–Trinajstić information content (AvgIpc) is 3.43. The lowest BCUT2D eigenvalue weighted by Gasteiger charge is -2.34. The zero-order valence-electron chi connectivity index (χ0n) is 21.9. The predicted molar refractivity (Wildman–Crippen MR) is 152 cm³/mol. The summed E-state index contributed by atoms with van der Waals surface area (Å²) in [5.74, 6) is -0.0125. The maximum atomic E-state index is 13.1.